The Hall–Kier alpha value is -0.910. The molecule has 2 rings (SSSR count). The molecule has 0 spiro atoms. The van der Waals surface area contributed by atoms with Crippen molar-refractivity contribution in [3.63, 3.8) is 0 Å². The minimum Gasteiger partial charge on any atom is -0.326 e. The van der Waals surface area contributed by atoms with E-state index in [2.05, 4.69) is 0 Å². The van der Waals surface area contributed by atoms with E-state index in [1.54, 1.807) is 4.31 Å². The summed E-state index contributed by atoms with van der Waals surface area (Å²) in [5.41, 5.74) is 7.70. The number of nitrogens with zero attached hydrogens (tertiary/aromatic N) is 1. The molecular formula is C13H20N2O2S. The highest BCUT2D eigenvalue weighted by atomic mass is 32.2. The monoisotopic (exact) mass is 268 g/mol. The lowest BCUT2D eigenvalue weighted by Crippen LogP contribution is -2.33. The summed E-state index contributed by atoms with van der Waals surface area (Å²) in [7, 11) is -3.11. The van der Waals surface area contributed by atoms with Gasteiger partial charge < -0.3 is 5.73 Å². The second-order valence-electron chi connectivity index (χ2n) is 4.64. The molecule has 0 radical (unpaired) electrons. The molecule has 18 heavy (non-hydrogen) atoms. The van der Waals surface area contributed by atoms with Gasteiger partial charge in [-0.2, -0.15) is 4.31 Å². The molecule has 2 N–H and O–H groups in total. The summed E-state index contributed by atoms with van der Waals surface area (Å²) in [5.74, 6) is 0. The van der Waals surface area contributed by atoms with Crippen LogP contribution in [0.4, 0.5) is 0 Å². The molecule has 100 valence electrons. The molecule has 5 heteroatoms. The molecule has 1 aromatic carbocycles. The molecule has 0 saturated heterocycles. The fourth-order valence-corrected chi connectivity index (χ4v) is 3.89. The Morgan fingerprint density at radius 2 is 1.89 bits per heavy atom. The van der Waals surface area contributed by atoms with Crippen LogP contribution in [0, 0.1) is 0 Å². The van der Waals surface area contributed by atoms with Crippen LogP contribution < -0.4 is 5.73 Å². The second kappa shape index (κ2) is 5.38. The van der Waals surface area contributed by atoms with Gasteiger partial charge in [0.25, 0.3) is 0 Å². The first-order chi connectivity index (χ1) is 8.59. The summed E-state index contributed by atoms with van der Waals surface area (Å²) in [6, 6.07) is 7.75. The van der Waals surface area contributed by atoms with Gasteiger partial charge in [-0.1, -0.05) is 31.2 Å². The van der Waals surface area contributed by atoms with Crippen LogP contribution in [-0.2, 0) is 23.1 Å². The first-order valence-electron chi connectivity index (χ1n) is 6.35. The van der Waals surface area contributed by atoms with Gasteiger partial charge in [0.1, 0.15) is 0 Å². The van der Waals surface area contributed by atoms with E-state index in [0.29, 0.717) is 19.6 Å². The van der Waals surface area contributed by atoms with Crippen LogP contribution in [0.25, 0.3) is 0 Å². The maximum absolute atomic E-state index is 12.2. The normalized spacial score (nSPS) is 16.2. The zero-order valence-corrected chi connectivity index (χ0v) is 11.5. The predicted octanol–water partition coefficient (Wildman–Crippen LogP) is 1.46. The number of hydrogen-bond acceptors (Lipinski definition) is 3. The van der Waals surface area contributed by atoms with Crippen molar-refractivity contribution in [3.05, 3.63) is 35.4 Å². The van der Waals surface area contributed by atoms with E-state index in [4.69, 9.17) is 5.73 Å². The van der Waals surface area contributed by atoms with Gasteiger partial charge in [0.05, 0.1) is 5.25 Å². The lowest BCUT2D eigenvalue weighted by Gasteiger charge is -2.21. The van der Waals surface area contributed by atoms with E-state index in [-0.39, 0.29) is 5.25 Å². The summed E-state index contributed by atoms with van der Waals surface area (Å²) >= 11 is 0. The average molecular weight is 268 g/mol. The number of benzene rings is 1. The van der Waals surface area contributed by atoms with E-state index < -0.39 is 10.0 Å². The third-order valence-corrected chi connectivity index (χ3v) is 5.76. The van der Waals surface area contributed by atoms with Gasteiger partial charge in [0.15, 0.2) is 0 Å². The Kier molecular flexibility index (Phi) is 4.04. The van der Waals surface area contributed by atoms with Crippen LogP contribution >= 0.6 is 0 Å². The highest BCUT2D eigenvalue weighted by Crippen LogP contribution is 2.31. The van der Waals surface area contributed by atoms with Crippen LogP contribution in [0.3, 0.4) is 0 Å². The molecule has 1 fully saturated rings. The van der Waals surface area contributed by atoms with Gasteiger partial charge in [0, 0.05) is 19.6 Å². The molecular weight excluding hydrogens is 248 g/mol. The Balaban J connectivity index is 2.20. The van der Waals surface area contributed by atoms with E-state index >= 15 is 0 Å². The van der Waals surface area contributed by atoms with Crippen LogP contribution in [-0.4, -0.2) is 24.5 Å². The van der Waals surface area contributed by atoms with Gasteiger partial charge in [-0.05, 0) is 24.0 Å². The van der Waals surface area contributed by atoms with E-state index in [0.717, 1.165) is 24.0 Å². The smallest absolute Gasteiger partial charge is 0.217 e. The standard InChI is InChI=1S/C13H20N2O2S/c1-2-15(18(16,17)13-7-8-13)10-12-6-4-3-5-11(12)9-14/h3-6,13H,2,7-10,14H2,1H3. The van der Waals surface area contributed by atoms with Gasteiger partial charge in [-0.15, -0.1) is 0 Å². The molecule has 0 aromatic heterocycles. The third kappa shape index (κ3) is 2.74. The first kappa shape index (κ1) is 13.5. The van der Waals surface area contributed by atoms with Crippen molar-refractivity contribution in [2.75, 3.05) is 6.54 Å². The molecule has 1 aliphatic carbocycles. The molecule has 0 aliphatic heterocycles. The zero-order valence-electron chi connectivity index (χ0n) is 10.7. The average Bonchev–Trinajstić information content (AvgIpc) is 3.20. The van der Waals surface area contributed by atoms with Crippen molar-refractivity contribution < 1.29 is 8.42 Å². The van der Waals surface area contributed by atoms with E-state index in [9.17, 15) is 8.42 Å². The van der Waals surface area contributed by atoms with Crippen LogP contribution in [0.15, 0.2) is 24.3 Å². The number of nitrogens with two attached hydrogens (primary N) is 1. The van der Waals surface area contributed by atoms with Crippen molar-refractivity contribution in [1.29, 1.82) is 0 Å². The summed E-state index contributed by atoms with van der Waals surface area (Å²) in [5, 5.41) is -0.150. The van der Waals surface area contributed by atoms with E-state index in [1.165, 1.54) is 0 Å². The van der Waals surface area contributed by atoms with E-state index in [1.807, 2.05) is 31.2 Å². The van der Waals surface area contributed by atoms with Gasteiger partial charge in [-0.3, -0.25) is 0 Å². The first-order valence-corrected chi connectivity index (χ1v) is 7.85. The molecule has 4 nitrogen and oxygen atoms in total. The predicted molar refractivity (Wildman–Crippen MR) is 72.4 cm³/mol. The topological polar surface area (TPSA) is 63.4 Å². The number of sulfonamides is 1. The maximum Gasteiger partial charge on any atom is 0.217 e. The minimum absolute atomic E-state index is 0.150. The summed E-state index contributed by atoms with van der Waals surface area (Å²) in [6.07, 6.45) is 1.61. The third-order valence-electron chi connectivity index (χ3n) is 3.34. The van der Waals surface area contributed by atoms with Crippen LogP contribution in [0.1, 0.15) is 30.9 Å². The molecule has 0 unspecified atom stereocenters. The molecule has 1 saturated carbocycles. The lowest BCUT2D eigenvalue weighted by molar-refractivity contribution is 0.421. The zero-order chi connectivity index (χ0) is 13.2. The molecule has 1 aliphatic rings. The van der Waals surface area contributed by atoms with Crippen LogP contribution in [0.5, 0.6) is 0 Å². The fraction of sp³-hybridized carbons (Fsp3) is 0.538. The summed E-state index contributed by atoms with van der Waals surface area (Å²) in [6.45, 7) is 3.27. The Morgan fingerprint density at radius 1 is 1.28 bits per heavy atom. The minimum atomic E-state index is -3.11. The molecule has 0 bridgehead atoms. The maximum atomic E-state index is 12.2. The Morgan fingerprint density at radius 3 is 2.39 bits per heavy atom. The Labute approximate surface area is 109 Å². The van der Waals surface area contributed by atoms with Crippen LogP contribution in [0.2, 0.25) is 0 Å². The SMILES string of the molecule is CCN(Cc1ccccc1CN)S(=O)(=O)C1CC1. The molecule has 0 atom stereocenters. The van der Waals surface area contributed by atoms with Crippen molar-refractivity contribution >= 4 is 10.0 Å². The fourth-order valence-electron chi connectivity index (χ4n) is 2.06. The molecule has 0 amide bonds. The van der Waals surface area contributed by atoms with Crippen molar-refractivity contribution in [1.82, 2.24) is 4.31 Å². The molecule has 0 heterocycles. The van der Waals surface area contributed by atoms with Crippen molar-refractivity contribution in [2.45, 2.75) is 38.1 Å². The highest BCUT2D eigenvalue weighted by molar-refractivity contribution is 7.90. The van der Waals surface area contributed by atoms with Crippen molar-refractivity contribution in [3.8, 4) is 0 Å². The second-order valence-corrected chi connectivity index (χ2v) is 6.86. The molecule has 1 aromatic rings. The van der Waals surface area contributed by atoms with Gasteiger partial charge in [-0.25, -0.2) is 8.42 Å². The number of hydrogen-bond donors (Lipinski definition) is 1. The van der Waals surface area contributed by atoms with Crippen molar-refractivity contribution in [2.24, 2.45) is 5.73 Å². The largest absolute Gasteiger partial charge is 0.326 e. The number of rotatable bonds is 6. The van der Waals surface area contributed by atoms with Gasteiger partial charge in [0.2, 0.25) is 10.0 Å². The summed E-state index contributed by atoms with van der Waals surface area (Å²) < 4.78 is 26.0. The van der Waals surface area contributed by atoms with Gasteiger partial charge >= 0.3 is 0 Å². The summed E-state index contributed by atoms with van der Waals surface area (Å²) in [4.78, 5) is 0. The lowest BCUT2D eigenvalue weighted by atomic mass is 10.1. The Bertz CT molecular complexity index is 509. The quantitative estimate of drug-likeness (QED) is 0.849. The highest BCUT2D eigenvalue weighted by Gasteiger charge is 2.39.